The van der Waals surface area contributed by atoms with Crippen LogP contribution in [0, 0.1) is 11.3 Å². The number of benzene rings is 1. The lowest BCUT2D eigenvalue weighted by molar-refractivity contribution is 0.0821. The molecular weight excluding hydrogens is 236 g/mol. The Labute approximate surface area is 107 Å². The van der Waals surface area contributed by atoms with Gasteiger partial charge in [-0.05, 0) is 31.5 Å². The van der Waals surface area contributed by atoms with Crippen LogP contribution in [0.3, 0.4) is 0 Å². The third-order valence-corrected chi connectivity index (χ3v) is 3.20. The number of nitriles is 1. The predicted octanol–water partition coefficient (Wildman–Crippen LogP) is 2.83. The van der Waals surface area contributed by atoms with Crippen molar-refractivity contribution in [3.05, 3.63) is 28.8 Å². The van der Waals surface area contributed by atoms with Gasteiger partial charge >= 0.3 is 0 Å². The Hall–Kier alpha value is -1.24. The fourth-order valence-corrected chi connectivity index (χ4v) is 2.24. The Morgan fingerprint density at radius 3 is 3.06 bits per heavy atom. The van der Waals surface area contributed by atoms with E-state index in [-0.39, 0.29) is 6.10 Å². The minimum absolute atomic E-state index is 0.229. The lowest BCUT2D eigenvalue weighted by Gasteiger charge is -2.24. The van der Waals surface area contributed by atoms with E-state index >= 15 is 0 Å². The SMILES string of the molecule is CC1CN(c2ccc(C#N)c(Cl)c2)CCCO1. The van der Waals surface area contributed by atoms with Crippen molar-refractivity contribution >= 4 is 17.3 Å². The van der Waals surface area contributed by atoms with E-state index in [0.717, 1.165) is 31.8 Å². The second-order valence-corrected chi connectivity index (χ2v) is 4.66. The molecule has 0 spiro atoms. The van der Waals surface area contributed by atoms with Crippen LogP contribution >= 0.6 is 11.6 Å². The van der Waals surface area contributed by atoms with Gasteiger partial charge in [0.2, 0.25) is 0 Å². The Morgan fingerprint density at radius 1 is 1.53 bits per heavy atom. The van der Waals surface area contributed by atoms with Crippen molar-refractivity contribution in [1.82, 2.24) is 0 Å². The minimum Gasteiger partial charge on any atom is -0.377 e. The van der Waals surface area contributed by atoms with Crippen molar-refractivity contribution in [2.75, 3.05) is 24.6 Å². The molecular formula is C13H15ClN2O. The molecule has 0 bridgehead atoms. The van der Waals surface area contributed by atoms with Crippen molar-refractivity contribution in [1.29, 1.82) is 5.26 Å². The summed E-state index contributed by atoms with van der Waals surface area (Å²) in [4.78, 5) is 2.25. The van der Waals surface area contributed by atoms with Crippen molar-refractivity contribution in [3.8, 4) is 6.07 Å². The third-order valence-electron chi connectivity index (χ3n) is 2.89. The summed E-state index contributed by atoms with van der Waals surface area (Å²) in [6.07, 6.45) is 1.24. The van der Waals surface area contributed by atoms with E-state index < -0.39 is 0 Å². The number of hydrogen-bond acceptors (Lipinski definition) is 3. The van der Waals surface area contributed by atoms with Crippen LogP contribution in [0.4, 0.5) is 5.69 Å². The highest BCUT2D eigenvalue weighted by atomic mass is 35.5. The molecule has 1 aliphatic rings. The largest absolute Gasteiger partial charge is 0.377 e. The monoisotopic (exact) mass is 250 g/mol. The summed E-state index contributed by atoms with van der Waals surface area (Å²) < 4.78 is 5.60. The van der Waals surface area contributed by atoms with E-state index in [0.29, 0.717) is 10.6 Å². The first-order valence-electron chi connectivity index (χ1n) is 5.77. The fraction of sp³-hybridized carbons (Fsp3) is 0.462. The fourth-order valence-electron chi connectivity index (χ4n) is 2.02. The number of rotatable bonds is 1. The van der Waals surface area contributed by atoms with E-state index in [9.17, 15) is 0 Å². The lowest BCUT2D eigenvalue weighted by atomic mass is 10.2. The van der Waals surface area contributed by atoms with Gasteiger partial charge in [0, 0.05) is 25.4 Å². The first kappa shape index (κ1) is 12.2. The van der Waals surface area contributed by atoms with Crippen molar-refractivity contribution in [2.24, 2.45) is 0 Å². The van der Waals surface area contributed by atoms with Crippen LogP contribution in [0.15, 0.2) is 18.2 Å². The van der Waals surface area contributed by atoms with Gasteiger partial charge in [-0.25, -0.2) is 0 Å². The van der Waals surface area contributed by atoms with E-state index in [1.165, 1.54) is 0 Å². The summed E-state index contributed by atoms with van der Waals surface area (Å²) in [5.41, 5.74) is 1.58. The summed E-state index contributed by atoms with van der Waals surface area (Å²) in [5.74, 6) is 0. The van der Waals surface area contributed by atoms with Crippen LogP contribution < -0.4 is 4.90 Å². The topological polar surface area (TPSA) is 36.3 Å². The summed E-state index contributed by atoms with van der Waals surface area (Å²) in [5, 5.41) is 9.36. The minimum atomic E-state index is 0.229. The van der Waals surface area contributed by atoms with Gasteiger partial charge < -0.3 is 9.64 Å². The van der Waals surface area contributed by atoms with E-state index in [1.54, 1.807) is 6.07 Å². The predicted molar refractivity (Wildman–Crippen MR) is 68.4 cm³/mol. The van der Waals surface area contributed by atoms with Gasteiger partial charge in [0.05, 0.1) is 16.7 Å². The zero-order valence-corrected chi connectivity index (χ0v) is 10.6. The van der Waals surface area contributed by atoms with Gasteiger partial charge in [-0.3, -0.25) is 0 Å². The number of halogens is 1. The van der Waals surface area contributed by atoms with Gasteiger partial charge in [-0.2, -0.15) is 5.26 Å². The second-order valence-electron chi connectivity index (χ2n) is 4.26. The molecule has 1 atom stereocenters. The molecule has 0 aliphatic carbocycles. The Bertz CT molecular complexity index is 442. The molecule has 90 valence electrons. The third kappa shape index (κ3) is 2.91. The maximum atomic E-state index is 8.84. The first-order valence-corrected chi connectivity index (χ1v) is 6.14. The smallest absolute Gasteiger partial charge is 0.101 e. The number of hydrogen-bond donors (Lipinski definition) is 0. The molecule has 0 saturated carbocycles. The van der Waals surface area contributed by atoms with Crippen LogP contribution in [0.5, 0.6) is 0 Å². The highest BCUT2D eigenvalue weighted by Gasteiger charge is 2.16. The molecule has 1 fully saturated rings. The molecule has 1 aromatic rings. The van der Waals surface area contributed by atoms with Crippen LogP contribution in [0.25, 0.3) is 0 Å². The Balaban J connectivity index is 2.21. The van der Waals surface area contributed by atoms with Gasteiger partial charge in [-0.1, -0.05) is 11.6 Å². The first-order chi connectivity index (χ1) is 8.20. The Kier molecular flexibility index (Phi) is 3.88. The quantitative estimate of drug-likeness (QED) is 0.769. The standard InChI is InChI=1S/C13H15ClN2O/c1-10-9-16(5-2-6-17-10)12-4-3-11(8-15)13(14)7-12/h3-4,7,10H,2,5-6,9H2,1H3. The van der Waals surface area contributed by atoms with E-state index in [1.807, 2.05) is 12.1 Å². The van der Waals surface area contributed by atoms with Crippen LogP contribution in [-0.2, 0) is 4.74 Å². The molecule has 0 amide bonds. The molecule has 0 radical (unpaired) electrons. The van der Waals surface area contributed by atoms with Crippen LogP contribution in [0.1, 0.15) is 18.9 Å². The maximum Gasteiger partial charge on any atom is 0.101 e. The molecule has 1 aromatic carbocycles. The molecule has 1 unspecified atom stereocenters. The van der Waals surface area contributed by atoms with E-state index in [2.05, 4.69) is 17.9 Å². The molecule has 1 saturated heterocycles. The molecule has 0 aromatic heterocycles. The van der Waals surface area contributed by atoms with Crippen molar-refractivity contribution in [2.45, 2.75) is 19.4 Å². The molecule has 3 nitrogen and oxygen atoms in total. The molecule has 1 heterocycles. The summed E-state index contributed by atoms with van der Waals surface area (Å²) >= 11 is 6.05. The molecule has 1 aliphatic heterocycles. The second kappa shape index (κ2) is 5.39. The summed E-state index contributed by atoms with van der Waals surface area (Å²) in [6.45, 7) is 4.71. The van der Waals surface area contributed by atoms with Crippen LogP contribution in [-0.4, -0.2) is 25.8 Å². The summed E-state index contributed by atoms with van der Waals surface area (Å²) in [7, 11) is 0. The van der Waals surface area contributed by atoms with Gasteiger partial charge in [0.15, 0.2) is 0 Å². The lowest BCUT2D eigenvalue weighted by Crippen LogP contribution is -2.30. The van der Waals surface area contributed by atoms with Gasteiger partial charge in [0.1, 0.15) is 6.07 Å². The number of nitrogens with zero attached hydrogens (tertiary/aromatic N) is 2. The Morgan fingerprint density at radius 2 is 2.35 bits per heavy atom. The molecule has 0 N–H and O–H groups in total. The highest BCUT2D eigenvalue weighted by Crippen LogP contribution is 2.24. The highest BCUT2D eigenvalue weighted by molar-refractivity contribution is 6.32. The summed E-state index contributed by atoms with van der Waals surface area (Å²) in [6, 6.07) is 7.65. The van der Waals surface area contributed by atoms with Crippen LogP contribution in [0.2, 0.25) is 5.02 Å². The maximum absolute atomic E-state index is 8.84. The van der Waals surface area contributed by atoms with Gasteiger partial charge in [0.25, 0.3) is 0 Å². The number of anilines is 1. The zero-order valence-electron chi connectivity index (χ0n) is 9.82. The average Bonchev–Trinajstić information content (AvgIpc) is 2.54. The van der Waals surface area contributed by atoms with Gasteiger partial charge in [-0.15, -0.1) is 0 Å². The normalized spacial score (nSPS) is 20.8. The number of ether oxygens (including phenoxy) is 1. The molecule has 17 heavy (non-hydrogen) atoms. The average molecular weight is 251 g/mol. The van der Waals surface area contributed by atoms with Crippen molar-refractivity contribution in [3.63, 3.8) is 0 Å². The van der Waals surface area contributed by atoms with E-state index in [4.69, 9.17) is 21.6 Å². The molecule has 4 heteroatoms. The molecule has 2 rings (SSSR count). The van der Waals surface area contributed by atoms with Crippen molar-refractivity contribution < 1.29 is 4.74 Å². The zero-order chi connectivity index (χ0) is 12.3.